The number of ether oxygens (including phenoxy) is 2. The van der Waals surface area contributed by atoms with E-state index in [0.29, 0.717) is 11.0 Å². The zero-order valence-corrected chi connectivity index (χ0v) is 10.8. The Kier molecular flexibility index (Phi) is 4.70. The van der Waals surface area contributed by atoms with Crippen LogP contribution in [0.4, 0.5) is 0 Å². The maximum Gasteiger partial charge on any atom is 0.304 e. The van der Waals surface area contributed by atoms with E-state index in [1.807, 2.05) is 0 Å². The van der Waals surface area contributed by atoms with Gasteiger partial charge in [-0.15, -0.1) is 0 Å². The third-order valence-corrected chi connectivity index (χ3v) is 4.83. The summed E-state index contributed by atoms with van der Waals surface area (Å²) in [5.74, 6) is 0.0115. The maximum atomic E-state index is 10.5. The largest absolute Gasteiger partial charge is 0.481 e. The molecule has 0 saturated carbocycles. The minimum Gasteiger partial charge on any atom is -0.481 e. The van der Waals surface area contributed by atoms with Gasteiger partial charge in [0.25, 0.3) is 0 Å². The zero-order chi connectivity index (χ0) is 12.1. The highest BCUT2D eigenvalue weighted by Crippen LogP contribution is 2.38. The minimum absolute atomic E-state index is 0.0252. The van der Waals surface area contributed by atoms with E-state index >= 15 is 0 Å². The van der Waals surface area contributed by atoms with E-state index in [9.17, 15) is 4.79 Å². The first-order chi connectivity index (χ1) is 8.20. The van der Waals surface area contributed by atoms with Gasteiger partial charge in [0.1, 0.15) is 0 Å². The van der Waals surface area contributed by atoms with Gasteiger partial charge in [-0.25, -0.2) is 0 Å². The highest BCUT2D eigenvalue weighted by atomic mass is 32.2. The number of hydrogen-bond donors (Lipinski definition) is 1. The second kappa shape index (κ2) is 6.07. The van der Waals surface area contributed by atoms with Gasteiger partial charge in [-0.3, -0.25) is 4.79 Å². The summed E-state index contributed by atoms with van der Waals surface area (Å²) in [7, 11) is 0. The maximum absolute atomic E-state index is 10.5. The summed E-state index contributed by atoms with van der Waals surface area (Å²) in [4.78, 5) is 10.5. The van der Waals surface area contributed by atoms with Gasteiger partial charge in [0.2, 0.25) is 0 Å². The first kappa shape index (κ1) is 13.2. The molecular formula is C12H20O4S. The lowest BCUT2D eigenvalue weighted by Gasteiger charge is -2.43. The molecule has 1 atom stereocenters. The Bertz CT molecular complexity index is 258. The fourth-order valence-corrected chi connectivity index (χ4v) is 3.84. The molecule has 2 fully saturated rings. The average Bonchev–Trinajstić information content (AvgIpc) is 2.29. The lowest BCUT2D eigenvalue weighted by molar-refractivity contribution is -0.136. The number of hydrogen-bond acceptors (Lipinski definition) is 4. The Morgan fingerprint density at radius 1 is 1.35 bits per heavy atom. The standard InChI is InChI=1S/C12H20O4S/c13-11(14)2-8-17-10-1-5-16-12(9-10)3-6-15-7-4-12/h10H,1-9H2,(H,13,14). The molecule has 98 valence electrons. The molecule has 5 heteroatoms. The number of rotatable bonds is 4. The summed E-state index contributed by atoms with van der Waals surface area (Å²) in [6, 6.07) is 0. The van der Waals surface area contributed by atoms with Crippen molar-refractivity contribution in [2.75, 3.05) is 25.6 Å². The first-order valence-corrected chi connectivity index (χ1v) is 7.30. The topological polar surface area (TPSA) is 55.8 Å². The van der Waals surface area contributed by atoms with Gasteiger partial charge in [0.15, 0.2) is 0 Å². The predicted octanol–water partition coefficient (Wildman–Crippen LogP) is 1.92. The van der Waals surface area contributed by atoms with Gasteiger partial charge in [0.05, 0.1) is 12.0 Å². The van der Waals surface area contributed by atoms with Crippen molar-refractivity contribution in [2.24, 2.45) is 0 Å². The van der Waals surface area contributed by atoms with Crippen molar-refractivity contribution < 1.29 is 19.4 Å². The third-order valence-electron chi connectivity index (χ3n) is 3.52. The Morgan fingerprint density at radius 3 is 2.82 bits per heavy atom. The Labute approximate surface area is 106 Å². The van der Waals surface area contributed by atoms with Gasteiger partial charge in [-0.2, -0.15) is 11.8 Å². The van der Waals surface area contributed by atoms with Crippen LogP contribution < -0.4 is 0 Å². The van der Waals surface area contributed by atoms with E-state index in [1.165, 1.54) is 0 Å². The summed E-state index contributed by atoms with van der Waals surface area (Å²) < 4.78 is 11.3. The summed E-state index contributed by atoms with van der Waals surface area (Å²) in [5.41, 5.74) is 0.0252. The number of carboxylic acid groups (broad SMARTS) is 1. The zero-order valence-electron chi connectivity index (χ0n) is 10.0. The monoisotopic (exact) mass is 260 g/mol. The molecule has 0 radical (unpaired) electrons. The molecule has 1 N–H and O–H groups in total. The van der Waals surface area contributed by atoms with Crippen LogP contribution in [0.5, 0.6) is 0 Å². The van der Waals surface area contributed by atoms with Gasteiger partial charge in [-0.1, -0.05) is 0 Å². The number of thioether (sulfide) groups is 1. The van der Waals surface area contributed by atoms with Gasteiger partial charge >= 0.3 is 5.97 Å². The fraction of sp³-hybridized carbons (Fsp3) is 0.917. The number of aliphatic carboxylic acids is 1. The van der Waals surface area contributed by atoms with E-state index in [1.54, 1.807) is 11.8 Å². The Balaban J connectivity index is 1.77. The van der Waals surface area contributed by atoms with Crippen molar-refractivity contribution in [1.82, 2.24) is 0 Å². The minimum atomic E-state index is -0.703. The van der Waals surface area contributed by atoms with E-state index in [-0.39, 0.29) is 12.0 Å². The molecule has 4 nitrogen and oxygen atoms in total. The van der Waals surface area contributed by atoms with Crippen molar-refractivity contribution >= 4 is 17.7 Å². The lowest BCUT2D eigenvalue weighted by atomic mass is 9.86. The summed E-state index contributed by atoms with van der Waals surface area (Å²) in [6.45, 7) is 2.41. The number of carbonyl (C=O) groups is 1. The van der Waals surface area contributed by atoms with Gasteiger partial charge in [-0.05, 0) is 25.7 Å². The predicted molar refractivity (Wildman–Crippen MR) is 66.5 cm³/mol. The van der Waals surface area contributed by atoms with Crippen LogP contribution in [0.2, 0.25) is 0 Å². The van der Waals surface area contributed by atoms with E-state index in [2.05, 4.69) is 0 Å². The van der Waals surface area contributed by atoms with Crippen LogP contribution in [0.15, 0.2) is 0 Å². The van der Waals surface area contributed by atoms with Crippen molar-refractivity contribution in [3.8, 4) is 0 Å². The Hall–Kier alpha value is -0.260. The fourth-order valence-electron chi connectivity index (χ4n) is 2.53. The molecule has 0 bridgehead atoms. The molecule has 0 amide bonds. The lowest BCUT2D eigenvalue weighted by Crippen LogP contribution is -2.45. The molecule has 2 saturated heterocycles. The number of carboxylic acids is 1. The van der Waals surface area contributed by atoms with Gasteiger partial charge < -0.3 is 14.6 Å². The molecule has 1 spiro atoms. The molecule has 1 unspecified atom stereocenters. The highest BCUT2D eigenvalue weighted by molar-refractivity contribution is 7.99. The summed E-state index contributed by atoms with van der Waals surface area (Å²) >= 11 is 1.79. The van der Waals surface area contributed by atoms with Crippen LogP contribution in [0.1, 0.15) is 32.1 Å². The SMILES string of the molecule is O=C(O)CCSC1CCOC2(CCOCC2)C1. The van der Waals surface area contributed by atoms with Crippen LogP contribution in [0.3, 0.4) is 0 Å². The molecule has 2 aliphatic heterocycles. The van der Waals surface area contributed by atoms with E-state index < -0.39 is 5.97 Å². The van der Waals surface area contributed by atoms with Crippen molar-refractivity contribution in [3.05, 3.63) is 0 Å². The summed E-state index contributed by atoms with van der Waals surface area (Å²) in [5, 5.41) is 9.19. The van der Waals surface area contributed by atoms with E-state index in [0.717, 1.165) is 45.5 Å². The van der Waals surface area contributed by atoms with Crippen molar-refractivity contribution in [3.63, 3.8) is 0 Å². The van der Waals surface area contributed by atoms with Crippen LogP contribution in [-0.4, -0.2) is 47.5 Å². The Morgan fingerprint density at radius 2 is 2.12 bits per heavy atom. The van der Waals surface area contributed by atoms with Crippen molar-refractivity contribution in [1.29, 1.82) is 0 Å². The molecule has 2 aliphatic rings. The molecular weight excluding hydrogens is 240 g/mol. The molecule has 0 aliphatic carbocycles. The molecule has 0 aromatic carbocycles. The van der Waals surface area contributed by atoms with Gasteiger partial charge in [0, 0.05) is 30.8 Å². The van der Waals surface area contributed by atoms with E-state index in [4.69, 9.17) is 14.6 Å². The smallest absolute Gasteiger partial charge is 0.304 e. The molecule has 2 rings (SSSR count). The molecule has 0 aromatic rings. The third kappa shape index (κ3) is 3.86. The van der Waals surface area contributed by atoms with Crippen molar-refractivity contribution in [2.45, 2.75) is 43.0 Å². The van der Waals surface area contributed by atoms with Crippen LogP contribution in [0.25, 0.3) is 0 Å². The summed E-state index contributed by atoms with van der Waals surface area (Å²) in [6.07, 6.45) is 4.34. The first-order valence-electron chi connectivity index (χ1n) is 6.25. The average molecular weight is 260 g/mol. The van der Waals surface area contributed by atoms with Crippen LogP contribution >= 0.6 is 11.8 Å². The molecule has 17 heavy (non-hydrogen) atoms. The molecule has 0 aromatic heterocycles. The highest BCUT2D eigenvalue weighted by Gasteiger charge is 2.38. The second-order valence-electron chi connectivity index (χ2n) is 4.77. The van der Waals surface area contributed by atoms with Crippen LogP contribution in [0, 0.1) is 0 Å². The normalized spacial score (nSPS) is 28.1. The second-order valence-corrected chi connectivity index (χ2v) is 6.18. The van der Waals surface area contributed by atoms with Crippen LogP contribution in [-0.2, 0) is 14.3 Å². The molecule has 2 heterocycles. The quantitative estimate of drug-likeness (QED) is 0.837.